The molecule has 1 fully saturated rings. The molecule has 0 aliphatic heterocycles. The second-order valence-corrected chi connectivity index (χ2v) is 6.52. The molecule has 21 heavy (non-hydrogen) atoms. The molecule has 0 aromatic heterocycles. The lowest BCUT2D eigenvalue weighted by Crippen LogP contribution is -2.42. The maximum atomic E-state index is 11.7. The number of aliphatic carboxylic acids is 1. The molecule has 1 aliphatic carbocycles. The van der Waals surface area contributed by atoms with Crippen molar-refractivity contribution in [3.05, 3.63) is 0 Å². The van der Waals surface area contributed by atoms with Crippen LogP contribution >= 0.6 is 0 Å². The highest BCUT2D eigenvalue weighted by Crippen LogP contribution is 2.29. The monoisotopic (exact) mass is 298 g/mol. The van der Waals surface area contributed by atoms with Gasteiger partial charge in [0, 0.05) is 13.1 Å². The zero-order valence-electron chi connectivity index (χ0n) is 13.4. The Hall–Kier alpha value is -1.26. The quantitative estimate of drug-likeness (QED) is 0.603. The number of rotatable bonds is 8. The van der Waals surface area contributed by atoms with Crippen molar-refractivity contribution in [3.8, 4) is 0 Å². The van der Waals surface area contributed by atoms with Gasteiger partial charge < -0.3 is 15.7 Å². The maximum absolute atomic E-state index is 11.7. The van der Waals surface area contributed by atoms with Gasteiger partial charge in [-0.1, -0.05) is 39.5 Å². The second-order valence-electron chi connectivity index (χ2n) is 6.52. The van der Waals surface area contributed by atoms with E-state index < -0.39 is 5.97 Å². The SMILES string of the molecule is CC(C)CCCCNC(=O)NCC1CCCCC1C(=O)O. The summed E-state index contributed by atoms with van der Waals surface area (Å²) >= 11 is 0. The topological polar surface area (TPSA) is 78.4 Å². The van der Waals surface area contributed by atoms with Gasteiger partial charge in [-0.15, -0.1) is 0 Å². The van der Waals surface area contributed by atoms with Crippen molar-refractivity contribution in [2.24, 2.45) is 17.8 Å². The lowest BCUT2D eigenvalue weighted by atomic mass is 9.79. The number of carbonyl (C=O) groups is 2. The molecule has 0 bridgehead atoms. The van der Waals surface area contributed by atoms with E-state index in [0.717, 1.165) is 38.5 Å². The van der Waals surface area contributed by atoms with Gasteiger partial charge in [-0.2, -0.15) is 0 Å². The fourth-order valence-corrected chi connectivity index (χ4v) is 2.94. The van der Waals surface area contributed by atoms with Crippen LogP contribution in [0, 0.1) is 17.8 Å². The van der Waals surface area contributed by atoms with Crippen molar-refractivity contribution in [3.63, 3.8) is 0 Å². The van der Waals surface area contributed by atoms with Crippen LogP contribution in [-0.2, 0) is 4.79 Å². The van der Waals surface area contributed by atoms with E-state index in [-0.39, 0.29) is 17.9 Å². The normalized spacial score (nSPS) is 22.0. The summed E-state index contributed by atoms with van der Waals surface area (Å²) in [5.41, 5.74) is 0. The molecule has 0 saturated heterocycles. The first-order valence-corrected chi connectivity index (χ1v) is 8.25. The number of carboxylic acids is 1. The minimum Gasteiger partial charge on any atom is -0.481 e. The Kier molecular flexibility index (Phi) is 8.16. The number of hydrogen-bond donors (Lipinski definition) is 3. The first-order valence-electron chi connectivity index (χ1n) is 8.25. The summed E-state index contributed by atoms with van der Waals surface area (Å²) in [6.07, 6.45) is 6.98. The number of unbranched alkanes of at least 4 members (excludes halogenated alkanes) is 1. The Labute approximate surface area is 127 Å². The maximum Gasteiger partial charge on any atom is 0.314 e. The van der Waals surface area contributed by atoms with Gasteiger partial charge in [-0.25, -0.2) is 4.79 Å². The van der Waals surface area contributed by atoms with Gasteiger partial charge in [0.1, 0.15) is 0 Å². The first-order chi connectivity index (χ1) is 10.0. The highest BCUT2D eigenvalue weighted by atomic mass is 16.4. The number of hydrogen-bond acceptors (Lipinski definition) is 2. The zero-order valence-corrected chi connectivity index (χ0v) is 13.4. The number of nitrogens with one attached hydrogen (secondary N) is 2. The van der Waals surface area contributed by atoms with Crippen LogP contribution in [0.4, 0.5) is 4.79 Å². The second kappa shape index (κ2) is 9.64. The minimum atomic E-state index is -0.726. The molecule has 0 aromatic carbocycles. The highest BCUT2D eigenvalue weighted by Gasteiger charge is 2.30. The number of carboxylic acid groups (broad SMARTS) is 1. The minimum absolute atomic E-state index is 0.0722. The molecular formula is C16H30N2O3. The molecule has 0 spiro atoms. The van der Waals surface area contributed by atoms with Crippen molar-refractivity contribution in [1.29, 1.82) is 0 Å². The summed E-state index contributed by atoms with van der Waals surface area (Å²) in [6, 6.07) is -0.172. The van der Waals surface area contributed by atoms with Crippen molar-refractivity contribution >= 4 is 12.0 Å². The molecule has 1 rings (SSSR count). The van der Waals surface area contributed by atoms with Crippen LogP contribution in [0.15, 0.2) is 0 Å². The van der Waals surface area contributed by atoms with E-state index in [1.165, 1.54) is 6.42 Å². The van der Waals surface area contributed by atoms with E-state index >= 15 is 0 Å². The molecule has 0 radical (unpaired) electrons. The Morgan fingerprint density at radius 1 is 1.14 bits per heavy atom. The van der Waals surface area contributed by atoms with Gasteiger partial charge in [0.25, 0.3) is 0 Å². The number of carbonyl (C=O) groups excluding carboxylic acids is 1. The largest absolute Gasteiger partial charge is 0.481 e. The predicted octanol–water partition coefficient (Wildman–Crippen LogP) is 3.00. The Morgan fingerprint density at radius 3 is 2.52 bits per heavy atom. The third kappa shape index (κ3) is 7.34. The molecule has 2 atom stereocenters. The lowest BCUT2D eigenvalue weighted by Gasteiger charge is -2.28. The molecule has 5 nitrogen and oxygen atoms in total. The van der Waals surface area contributed by atoms with Gasteiger partial charge in [-0.3, -0.25) is 4.79 Å². The van der Waals surface area contributed by atoms with E-state index in [1.54, 1.807) is 0 Å². The number of amides is 2. The third-order valence-corrected chi connectivity index (χ3v) is 4.24. The Balaban J connectivity index is 2.15. The smallest absolute Gasteiger partial charge is 0.314 e. The van der Waals surface area contributed by atoms with Crippen LogP contribution in [0.5, 0.6) is 0 Å². The summed E-state index contributed by atoms with van der Waals surface area (Å²) in [5, 5.41) is 14.9. The molecule has 1 saturated carbocycles. The summed E-state index contributed by atoms with van der Waals surface area (Å²) in [5.74, 6) is -0.248. The molecule has 0 heterocycles. The highest BCUT2D eigenvalue weighted by molar-refractivity contribution is 5.74. The fraction of sp³-hybridized carbons (Fsp3) is 0.875. The lowest BCUT2D eigenvalue weighted by molar-refractivity contribution is -0.144. The van der Waals surface area contributed by atoms with Gasteiger partial charge in [0.2, 0.25) is 0 Å². The summed E-state index contributed by atoms with van der Waals surface area (Å²) in [4.78, 5) is 22.9. The van der Waals surface area contributed by atoms with Crippen LogP contribution < -0.4 is 10.6 Å². The molecule has 1 aliphatic rings. The Morgan fingerprint density at radius 2 is 1.86 bits per heavy atom. The van der Waals surface area contributed by atoms with Crippen molar-refractivity contribution in [2.75, 3.05) is 13.1 Å². The fourth-order valence-electron chi connectivity index (χ4n) is 2.94. The van der Waals surface area contributed by atoms with Crippen LogP contribution in [0.2, 0.25) is 0 Å². The van der Waals surface area contributed by atoms with Crippen molar-refractivity contribution < 1.29 is 14.7 Å². The van der Waals surface area contributed by atoms with Gasteiger partial charge >= 0.3 is 12.0 Å². The molecular weight excluding hydrogens is 268 g/mol. The van der Waals surface area contributed by atoms with Crippen LogP contribution in [0.25, 0.3) is 0 Å². The zero-order chi connectivity index (χ0) is 15.7. The van der Waals surface area contributed by atoms with Crippen molar-refractivity contribution in [2.45, 2.75) is 58.8 Å². The predicted molar refractivity (Wildman–Crippen MR) is 83.2 cm³/mol. The van der Waals surface area contributed by atoms with E-state index in [4.69, 9.17) is 0 Å². The molecule has 122 valence electrons. The van der Waals surface area contributed by atoms with Gasteiger partial charge in [-0.05, 0) is 31.1 Å². The first kappa shape index (κ1) is 17.8. The summed E-state index contributed by atoms with van der Waals surface area (Å²) in [7, 11) is 0. The van der Waals surface area contributed by atoms with Crippen LogP contribution in [-0.4, -0.2) is 30.2 Å². The number of urea groups is 1. The van der Waals surface area contributed by atoms with E-state index in [2.05, 4.69) is 24.5 Å². The van der Waals surface area contributed by atoms with Crippen LogP contribution in [0.3, 0.4) is 0 Å². The standard InChI is InChI=1S/C16H30N2O3/c1-12(2)7-5-6-10-17-16(21)18-11-13-8-3-4-9-14(13)15(19)20/h12-14H,3-11H2,1-2H3,(H,19,20)(H2,17,18,21). The molecule has 5 heteroatoms. The molecule has 2 amide bonds. The third-order valence-electron chi connectivity index (χ3n) is 4.24. The van der Waals surface area contributed by atoms with E-state index in [0.29, 0.717) is 19.0 Å². The summed E-state index contributed by atoms with van der Waals surface area (Å²) < 4.78 is 0. The summed E-state index contributed by atoms with van der Waals surface area (Å²) in [6.45, 7) is 5.55. The van der Waals surface area contributed by atoms with E-state index in [9.17, 15) is 14.7 Å². The Bertz CT molecular complexity index is 331. The average Bonchev–Trinajstić information content (AvgIpc) is 2.44. The van der Waals surface area contributed by atoms with Gasteiger partial charge in [0.15, 0.2) is 0 Å². The van der Waals surface area contributed by atoms with Gasteiger partial charge in [0.05, 0.1) is 5.92 Å². The molecule has 0 aromatic rings. The van der Waals surface area contributed by atoms with Crippen LogP contribution in [0.1, 0.15) is 58.8 Å². The van der Waals surface area contributed by atoms with Crippen molar-refractivity contribution in [1.82, 2.24) is 10.6 Å². The van der Waals surface area contributed by atoms with E-state index in [1.807, 2.05) is 0 Å². The average molecular weight is 298 g/mol. The molecule has 2 unspecified atom stereocenters. The molecule has 3 N–H and O–H groups in total.